The van der Waals surface area contributed by atoms with E-state index in [0.29, 0.717) is 12.5 Å². The molecule has 3 N–H and O–H groups in total. The van der Waals surface area contributed by atoms with E-state index in [1.54, 1.807) is 6.20 Å². The first-order chi connectivity index (χ1) is 6.31. The van der Waals surface area contributed by atoms with Crippen molar-refractivity contribution in [3.8, 4) is 0 Å². The summed E-state index contributed by atoms with van der Waals surface area (Å²) in [5, 5.41) is 0. The average Bonchev–Trinajstić information content (AvgIpc) is 2.16. The van der Waals surface area contributed by atoms with Crippen LogP contribution in [0.1, 0.15) is 30.0 Å². The molecule has 0 saturated heterocycles. The molecule has 0 bridgehead atoms. The quantitative estimate of drug-likeness (QED) is 0.644. The maximum absolute atomic E-state index is 10.9. The molecule has 4 heteroatoms. The Kier molecular flexibility index (Phi) is 2.14. The van der Waals surface area contributed by atoms with Crippen LogP contribution in [0.5, 0.6) is 0 Å². The standard InChI is InChI=1S/C9H13N3O/c10-4-6-2-1-3-8-7(6)5-11-9(13)12-8/h5-6H,1-4,10H2,(H,11,12,13). The van der Waals surface area contributed by atoms with Gasteiger partial charge in [0.2, 0.25) is 0 Å². The summed E-state index contributed by atoms with van der Waals surface area (Å²) in [5.41, 5.74) is 7.55. The van der Waals surface area contributed by atoms with E-state index in [4.69, 9.17) is 5.73 Å². The zero-order valence-corrected chi connectivity index (χ0v) is 7.42. The zero-order chi connectivity index (χ0) is 9.26. The van der Waals surface area contributed by atoms with Gasteiger partial charge in [0.15, 0.2) is 0 Å². The summed E-state index contributed by atoms with van der Waals surface area (Å²) in [7, 11) is 0. The van der Waals surface area contributed by atoms with E-state index in [0.717, 1.165) is 30.5 Å². The van der Waals surface area contributed by atoms with Crippen LogP contribution < -0.4 is 11.4 Å². The summed E-state index contributed by atoms with van der Waals surface area (Å²) in [5.74, 6) is 0.382. The van der Waals surface area contributed by atoms with Gasteiger partial charge < -0.3 is 10.7 Å². The van der Waals surface area contributed by atoms with Gasteiger partial charge in [-0.2, -0.15) is 0 Å². The summed E-state index contributed by atoms with van der Waals surface area (Å²) in [6.07, 6.45) is 4.83. The Bertz CT molecular complexity index is 358. The Morgan fingerprint density at radius 3 is 3.31 bits per heavy atom. The molecule has 1 aliphatic carbocycles. The molecule has 1 aromatic rings. The first kappa shape index (κ1) is 8.44. The van der Waals surface area contributed by atoms with Crippen molar-refractivity contribution in [2.45, 2.75) is 25.2 Å². The van der Waals surface area contributed by atoms with Crippen molar-refractivity contribution in [1.82, 2.24) is 9.97 Å². The number of hydrogen-bond acceptors (Lipinski definition) is 3. The predicted octanol–water partition coefficient (Wildman–Crippen LogP) is 0.148. The van der Waals surface area contributed by atoms with E-state index in [2.05, 4.69) is 9.97 Å². The van der Waals surface area contributed by atoms with Gasteiger partial charge in [0.1, 0.15) is 0 Å². The molecular formula is C9H13N3O. The molecule has 4 nitrogen and oxygen atoms in total. The van der Waals surface area contributed by atoms with Crippen molar-refractivity contribution in [2.75, 3.05) is 6.54 Å². The third-order valence-corrected chi connectivity index (χ3v) is 2.63. The molecule has 0 aliphatic heterocycles. The second-order valence-electron chi connectivity index (χ2n) is 3.45. The predicted molar refractivity (Wildman–Crippen MR) is 49.6 cm³/mol. The number of nitrogens with zero attached hydrogens (tertiary/aromatic N) is 1. The fourth-order valence-corrected chi connectivity index (χ4v) is 1.92. The van der Waals surface area contributed by atoms with Crippen LogP contribution in [0.4, 0.5) is 0 Å². The normalized spacial score (nSPS) is 21.2. The number of nitrogens with one attached hydrogen (secondary N) is 1. The molecule has 1 unspecified atom stereocenters. The first-order valence-electron chi connectivity index (χ1n) is 4.59. The Morgan fingerprint density at radius 2 is 2.54 bits per heavy atom. The fourth-order valence-electron chi connectivity index (χ4n) is 1.92. The molecule has 0 aromatic carbocycles. The van der Waals surface area contributed by atoms with Crippen LogP contribution in [0.25, 0.3) is 0 Å². The smallest absolute Gasteiger partial charge is 0.330 e. The van der Waals surface area contributed by atoms with E-state index < -0.39 is 0 Å². The monoisotopic (exact) mass is 179 g/mol. The van der Waals surface area contributed by atoms with Crippen LogP contribution in [-0.2, 0) is 6.42 Å². The van der Waals surface area contributed by atoms with Crippen molar-refractivity contribution >= 4 is 0 Å². The SMILES string of the molecule is NCC1CCCc2[nH]c(=O)ncc21. The van der Waals surface area contributed by atoms with Gasteiger partial charge in [0.05, 0.1) is 0 Å². The lowest BCUT2D eigenvalue weighted by Crippen LogP contribution is -2.23. The highest BCUT2D eigenvalue weighted by atomic mass is 16.1. The van der Waals surface area contributed by atoms with Gasteiger partial charge in [-0.25, -0.2) is 9.78 Å². The molecule has 2 rings (SSSR count). The molecular weight excluding hydrogens is 166 g/mol. The van der Waals surface area contributed by atoms with Gasteiger partial charge in [-0.1, -0.05) is 0 Å². The number of H-pyrrole nitrogens is 1. The minimum absolute atomic E-state index is 0.253. The topological polar surface area (TPSA) is 71.8 Å². The molecule has 1 atom stereocenters. The average molecular weight is 179 g/mol. The van der Waals surface area contributed by atoms with Crippen molar-refractivity contribution in [2.24, 2.45) is 5.73 Å². The fraction of sp³-hybridized carbons (Fsp3) is 0.556. The maximum Gasteiger partial charge on any atom is 0.345 e. The van der Waals surface area contributed by atoms with Gasteiger partial charge in [0.25, 0.3) is 0 Å². The van der Waals surface area contributed by atoms with Crippen LogP contribution in [-0.4, -0.2) is 16.5 Å². The van der Waals surface area contributed by atoms with E-state index in [1.807, 2.05) is 0 Å². The van der Waals surface area contributed by atoms with Crippen LogP contribution in [0.15, 0.2) is 11.0 Å². The number of aromatic nitrogens is 2. The van der Waals surface area contributed by atoms with Gasteiger partial charge in [-0.3, -0.25) is 0 Å². The third-order valence-electron chi connectivity index (χ3n) is 2.63. The highest BCUT2D eigenvalue weighted by molar-refractivity contribution is 5.24. The summed E-state index contributed by atoms with van der Waals surface area (Å²) < 4.78 is 0. The molecule has 0 spiro atoms. The third kappa shape index (κ3) is 1.49. The van der Waals surface area contributed by atoms with Gasteiger partial charge in [0, 0.05) is 11.9 Å². The van der Waals surface area contributed by atoms with Gasteiger partial charge in [-0.15, -0.1) is 0 Å². The van der Waals surface area contributed by atoms with Crippen LogP contribution >= 0.6 is 0 Å². The number of hydrogen-bond donors (Lipinski definition) is 2. The van der Waals surface area contributed by atoms with Crippen LogP contribution in [0, 0.1) is 0 Å². The lowest BCUT2D eigenvalue weighted by molar-refractivity contribution is 0.545. The number of fused-ring (bicyclic) bond motifs is 1. The van der Waals surface area contributed by atoms with Crippen molar-refractivity contribution < 1.29 is 0 Å². The molecule has 1 heterocycles. The Hall–Kier alpha value is -1.16. The Morgan fingerprint density at radius 1 is 1.69 bits per heavy atom. The number of aromatic amines is 1. The van der Waals surface area contributed by atoms with E-state index in [1.165, 1.54) is 0 Å². The zero-order valence-electron chi connectivity index (χ0n) is 7.42. The van der Waals surface area contributed by atoms with Gasteiger partial charge >= 0.3 is 5.69 Å². The highest BCUT2D eigenvalue weighted by Crippen LogP contribution is 2.27. The molecule has 1 aliphatic rings. The Labute approximate surface area is 76.2 Å². The lowest BCUT2D eigenvalue weighted by atomic mass is 9.87. The number of aryl methyl sites for hydroxylation is 1. The largest absolute Gasteiger partial charge is 0.345 e. The Balaban J connectivity index is 2.46. The molecule has 0 amide bonds. The summed E-state index contributed by atoms with van der Waals surface area (Å²) in [4.78, 5) is 17.4. The lowest BCUT2D eigenvalue weighted by Gasteiger charge is -2.22. The first-order valence-corrected chi connectivity index (χ1v) is 4.59. The molecule has 0 saturated carbocycles. The molecule has 13 heavy (non-hydrogen) atoms. The number of rotatable bonds is 1. The summed E-state index contributed by atoms with van der Waals surface area (Å²) in [6, 6.07) is 0. The number of nitrogens with two attached hydrogens (primary N) is 1. The minimum Gasteiger partial charge on any atom is -0.330 e. The van der Waals surface area contributed by atoms with Crippen LogP contribution in [0.3, 0.4) is 0 Å². The van der Waals surface area contributed by atoms with E-state index >= 15 is 0 Å². The second kappa shape index (κ2) is 3.30. The van der Waals surface area contributed by atoms with Crippen LogP contribution in [0.2, 0.25) is 0 Å². The van der Waals surface area contributed by atoms with E-state index in [9.17, 15) is 4.79 Å². The molecule has 0 fully saturated rings. The summed E-state index contributed by atoms with van der Waals surface area (Å²) >= 11 is 0. The maximum atomic E-state index is 10.9. The molecule has 0 radical (unpaired) electrons. The summed E-state index contributed by atoms with van der Waals surface area (Å²) in [6.45, 7) is 0.640. The molecule has 70 valence electrons. The second-order valence-corrected chi connectivity index (χ2v) is 3.45. The minimum atomic E-state index is -0.253. The van der Waals surface area contributed by atoms with Crippen molar-refractivity contribution in [1.29, 1.82) is 0 Å². The highest BCUT2D eigenvalue weighted by Gasteiger charge is 2.19. The molecule has 1 aromatic heterocycles. The van der Waals surface area contributed by atoms with Crippen molar-refractivity contribution in [3.05, 3.63) is 27.9 Å². The van der Waals surface area contributed by atoms with Crippen molar-refractivity contribution in [3.63, 3.8) is 0 Å². The van der Waals surface area contributed by atoms with E-state index in [-0.39, 0.29) is 5.69 Å². The van der Waals surface area contributed by atoms with Gasteiger partial charge in [-0.05, 0) is 37.3 Å².